The molecule has 0 unspecified atom stereocenters. The number of nitrogens with zero attached hydrogens (tertiary/aromatic N) is 5. The van der Waals surface area contributed by atoms with Gasteiger partial charge in [-0.3, -0.25) is 0 Å². The average Bonchev–Trinajstić information content (AvgIpc) is 2.72. The Kier molecular flexibility index (Phi) is 4.11. The van der Waals surface area contributed by atoms with E-state index < -0.39 is 0 Å². The minimum atomic E-state index is 0.0895. The van der Waals surface area contributed by atoms with Crippen molar-refractivity contribution in [1.29, 1.82) is 0 Å². The molecule has 2 rings (SSSR count). The zero-order chi connectivity index (χ0) is 12.3. The summed E-state index contributed by atoms with van der Waals surface area (Å²) in [4.78, 5) is 12.0. The topological polar surface area (TPSA) is 65.7 Å². The number of rotatable bonds is 4. The SMILES string of the molecule is CCCOc1nc(Cl)nc(-n2cc(I)cn2)n1. The smallest absolute Gasteiger partial charge is 0.322 e. The van der Waals surface area contributed by atoms with Crippen LogP contribution in [0.1, 0.15) is 13.3 Å². The molecule has 0 radical (unpaired) electrons. The van der Waals surface area contributed by atoms with Crippen LogP contribution in [0.5, 0.6) is 6.01 Å². The van der Waals surface area contributed by atoms with Crippen LogP contribution in [0, 0.1) is 3.57 Å². The third-order valence-corrected chi connectivity index (χ3v) is 2.49. The van der Waals surface area contributed by atoms with Crippen molar-refractivity contribution < 1.29 is 4.74 Å². The lowest BCUT2D eigenvalue weighted by Gasteiger charge is -2.04. The summed E-state index contributed by atoms with van der Waals surface area (Å²) >= 11 is 7.95. The molecule has 0 aliphatic heterocycles. The molecule has 0 aromatic carbocycles. The van der Waals surface area contributed by atoms with Gasteiger partial charge in [0.2, 0.25) is 5.28 Å². The van der Waals surface area contributed by atoms with Crippen LogP contribution in [0.15, 0.2) is 12.4 Å². The molecular weight excluding hydrogens is 356 g/mol. The first kappa shape index (κ1) is 12.5. The second-order valence-corrected chi connectivity index (χ2v) is 4.72. The summed E-state index contributed by atoms with van der Waals surface area (Å²) in [6.45, 7) is 2.54. The van der Waals surface area contributed by atoms with Gasteiger partial charge in [0.25, 0.3) is 5.95 Å². The third-order valence-electron chi connectivity index (χ3n) is 1.77. The molecule has 17 heavy (non-hydrogen) atoms. The Hall–Kier alpha value is -0.960. The predicted molar refractivity (Wildman–Crippen MR) is 70.5 cm³/mol. The molecule has 0 spiro atoms. The minimum absolute atomic E-state index is 0.0895. The van der Waals surface area contributed by atoms with Crippen molar-refractivity contribution in [3.8, 4) is 12.0 Å². The van der Waals surface area contributed by atoms with Crippen LogP contribution in [-0.2, 0) is 0 Å². The Bertz CT molecular complexity index is 518. The van der Waals surface area contributed by atoms with E-state index in [-0.39, 0.29) is 11.3 Å². The highest BCUT2D eigenvalue weighted by Gasteiger charge is 2.08. The number of halogens is 2. The molecule has 2 aromatic heterocycles. The lowest BCUT2D eigenvalue weighted by molar-refractivity contribution is 0.290. The van der Waals surface area contributed by atoms with Gasteiger partial charge in [-0.2, -0.15) is 20.1 Å². The molecule has 2 aromatic rings. The molecule has 0 aliphatic rings. The fraction of sp³-hybridized carbons (Fsp3) is 0.333. The first-order valence-corrected chi connectivity index (χ1v) is 6.39. The molecule has 0 atom stereocenters. The molecular formula is C9H9ClIN5O. The number of ether oxygens (including phenoxy) is 1. The summed E-state index contributed by atoms with van der Waals surface area (Å²) in [5, 5.41) is 4.18. The van der Waals surface area contributed by atoms with Gasteiger partial charge in [-0.15, -0.1) is 0 Å². The van der Waals surface area contributed by atoms with Crippen LogP contribution in [0.2, 0.25) is 5.28 Å². The molecule has 0 N–H and O–H groups in total. The van der Waals surface area contributed by atoms with Crippen molar-refractivity contribution in [2.75, 3.05) is 6.61 Å². The molecule has 0 bridgehead atoms. The molecule has 0 fully saturated rings. The summed E-state index contributed by atoms with van der Waals surface area (Å²) in [6, 6.07) is 0.215. The molecule has 6 nitrogen and oxygen atoms in total. The normalized spacial score (nSPS) is 10.5. The van der Waals surface area contributed by atoms with E-state index >= 15 is 0 Å². The summed E-state index contributed by atoms with van der Waals surface area (Å²) < 4.78 is 7.82. The van der Waals surface area contributed by atoms with Gasteiger partial charge < -0.3 is 4.74 Å². The third kappa shape index (κ3) is 3.25. The first-order valence-electron chi connectivity index (χ1n) is 4.94. The molecule has 2 heterocycles. The fourth-order valence-corrected chi connectivity index (χ4v) is 1.63. The van der Waals surface area contributed by atoms with Crippen molar-refractivity contribution in [2.45, 2.75) is 13.3 Å². The lowest BCUT2D eigenvalue weighted by atomic mass is 10.5. The van der Waals surface area contributed by atoms with Gasteiger partial charge in [-0.25, -0.2) is 4.68 Å². The van der Waals surface area contributed by atoms with Crippen molar-refractivity contribution in [2.24, 2.45) is 0 Å². The second kappa shape index (κ2) is 5.58. The Labute approximate surface area is 117 Å². The van der Waals surface area contributed by atoms with Gasteiger partial charge in [0, 0.05) is 6.20 Å². The summed E-state index contributed by atoms with van der Waals surface area (Å²) in [5.74, 6) is 0.346. The van der Waals surface area contributed by atoms with Gasteiger partial charge in [-0.1, -0.05) is 6.92 Å². The summed E-state index contributed by atoms with van der Waals surface area (Å²) in [5.41, 5.74) is 0. The average molecular weight is 366 g/mol. The number of aromatic nitrogens is 5. The number of hydrogen-bond donors (Lipinski definition) is 0. The molecule has 0 saturated carbocycles. The summed E-state index contributed by atoms with van der Waals surface area (Å²) in [6.07, 6.45) is 4.36. The Balaban J connectivity index is 2.31. The van der Waals surface area contributed by atoms with Crippen molar-refractivity contribution in [3.63, 3.8) is 0 Å². The highest BCUT2D eigenvalue weighted by atomic mass is 127. The Morgan fingerprint density at radius 1 is 1.41 bits per heavy atom. The van der Waals surface area contributed by atoms with Gasteiger partial charge in [0.1, 0.15) is 0 Å². The van der Waals surface area contributed by atoms with E-state index in [1.807, 2.05) is 6.92 Å². The molecule has 0 amide bonds. The van der Waals surface area contributed by atoms with E-state index in [0.29, 0.717) is 12.6 Å². The fourth-order valence-electron chi connectivity index (χ4n) is 1.09. The maximum absolute atomic E-state index is 5.80. The van der Waals surface area contributed by atoms with E-state index in [1.165, 1.54) is 4.68 Å². The highest BCUT2D eigenvalue weighted by Crippen LogP contribution is 2.12. The predicted octanol–water partition coefficient (Wildman–Crippen LogP) is 2.10. The zero-order valence-corrected chi connectivity index (χ0v) is 11.9. The van der Waals surface area contributed by atoms with Gasteiger partial charge in [0.05, 0.1) is 16.4 Å². The van der Waals surface area contributed by atoms with E-state index in [1.54, 1.807) is 12.4 Å². The van der Waals surface area contributed by atoms with Crippen LogP contribution >= 0.6 is 34.2 Å². The van der Waals surface area contributed by atoms with Crippen LogP contribution < -0.4 is 4.74 Å². The standard InChI is InChI=1S/C9H9ClIN5O/c1-2-3-17-9-14-7(10)13-8(15-9)16-5-6(11)4-12-16/h4-5H,2-3H2,1H3. The van der Waals surface area contributed by atoms with E-state index in [4.69, 9.17) is 16.3 Å². The highest BCUT2D eigenvalue weighted by molar-refractivity contribution is 14.1. The molecule has 8 heteroatoms. The van der Waals surface area contributed by atoms with Crippen molar-refractivity contribution in [1.82, 2.24) is 24.7 Å². The van der Waals surface area contributed by atoms with Crippen LogP contribution in [-0.4, -0.2) is 31.3 Å². The van der Waals surface area contributed by atoms with E-state index in [9.17, 15) is 0 Å². The second-order valence-electron chi connectivity index (χ2n) is 3.14. The largest absolute Gasteiger partial charge is 0.463 e. The number of hydrogen-bond acceptors (Lipinski definition) is 5. The summed E-state index contributed by atoms with van der Waals surface area (Å²) in [7, 11) is 0. The van der Waals surface area contributed by atoms with Crippen LogP contribution in [0.4, 0.5) is 0 Å². The molecule has 0 saturated heterocycles. The van der Waals surface area contributed by atoms with E-state index in [2.05, 4.69) is 42.6 Å². The first-order chi connectivity index (χ1) is 8.19. The maximum Gasteiger partial charge on any atom is 0.322 e. The van der Waals surface area contributed by atoms with Crippen LogP contribution in [0.3, 0.4) is 0 Å². The van der Waals surface area contributed by atoms with Crippen molar-refractivity contribution in [3.05, 3.63) is 21.2 Å². The van der Waals surface area contributed by atoms with Gasteiger partial charge >= 0.3 is 6.01 Å². The molecule has 90 valence electrons. The lowest BCUT2D eigenvalue weighted by Crippen LogP contribution is -2.07. The monoisotopic (exact) mass is 365 g/mol. The van der Waals surface area contributed by atoms with Crippen LogP contribution in [0.25, 0.3) is 5.95 Å². The minimum Gasteiger partial charge on any atom is -0.463 e. The maximum atomic E-state index is 5.80. The Morgan fingerprint density at radius 3 is 2.88 bits per heavy atom. The zero-order valence-electron chi connectivity index (χ0n) is 8.97. The van der Waals surface area contributed by atoms with E-state index in [0.717, 1.165) is 9.99 Å². The van der Waals surface area contributed by atoms with Crippen molar-refractivity contribution >= 4 is 34.2 Å². The Morgan fingerprint density at radius 2 is 2.24 bits per heavy atom. The van der Waals surface area contributed by atoms with Gasteiger partial charge in [-0.05, 0) is 40.6 Å². The van der Waals surface area contributed by atoms with Gasteiger partial charge in [0.15, 0.2) is 0 Å². The molecule has 0 aliphatic carbocycles. The quantitative estimate of drug-likeness (QED) is 0.777.